The zero-order valence-corrected chi connectivity index (χ0v) is 5.75. The van der Waals surface area contributed by atoms with Crippen LogP contribution in [0.15, 0.2) is 12.2 Å². The summed E-state index contributed by atoms with van der Waals surface area (Å²) in [5.74, 6) is 0. The van der Waals surface area contributed by atoms with Gasteiger partial charge >= 0.3 is 0 Å². The summed E-state index contributed by atoms with van der Waals surface area (Å²) in [5, 5.41) is 2.31. The van der Waals surface area contributed by atoms with Crippen LogP contribution in [0.1, 0.15) is 12.8 Å². The van der Waals surface area contributed by atoms with Crippen molar-refractivity contribution in [3.63, 3.8) is 0 Å². The second-order valence-corrected chi connectivity index (χ2v) is 2.14. The fraction of sp³-hybridized carbons (Fsp3) is 0.667. The van der Waals surface area contributed by atoms with Crippen LogP contribution in [-0.2, 0) is 0 Å². The lowest BCUT2D eigenvalue weighted by atomic mass is 10.1. The average Bonchev–Trinajstić information content (AvgIpc) is 1.69. The fourth-order valence-electron chi connectivity index (χ4n) is 0.905. The lowest BCUT2D eigenvalue weighted by Crippen LogP contribution is -3.00. The monoisotopic (exact) mass is 133 g/mol. The first-order valence-corrected chi connectivity index (χ1v) is 2.88. The van der Waals surface area contributed by atoms with Crippen LogP contribution in [0.5, 0.6) is 0 Å². The van der Waals surface area contributed by atoms with Gasteiger partial charge in [-0.25, -0.2) is 0 Å². The molecule has 0 aromatic rings. The molecule has 0 aromatic heterocycles. The maximum absolute atomic E-state index is 3.88. The number of hydrogen-bond acceptors (Lipinski definition) is 0. The largest absolute Gasteiger partial charge is 1.00 e. The van der Waals surface area contributed by atoms with Crippen LogP contribution in [-0.4, -0.2) is 13.1 Å². The Bertz CT molecular complexity index is 72.6. The zero-order valence-electron chi connectivity index (χ0n) is 4.99. The third kappa shape index (κ3) is 2.34. The molecule has 1 saturated heterocycles. The quantitative estimate of drug-likeness (QED) is 0.338. The number of nitrogens with two attached hydrogens (primary N) is 1. The Balaban J connectivity index is 0.000000490. The van der Waals surface area contributed by atoms with Gasteiger partial charge in [-0.1, -0.05) is 6.58 Å². The minimum absolute atomic E-state index is 0. The van der Waals surface area contributed by atoms with Crippen LogP contribution in [0.25, 0.3) is 0 Å². The maximum Gasteiger partial charge on any atom is 0.0969 e. The van der Waals surface area contributed by atoms with Gasteiger partial charge in [0.25, 0.3) is 0 Å². The third-order valence-electron chi connectivity index (χ3n) is 1.37. The summed E-state index contributed by atoms with van der Waals surface area (Å²) < 4.78 is 0. The molecular formula is C6H12ClN. The lowest BCUT2D eigenvalue weighted by molar-refractivity contribution is -0.653. The molecule has 1 rings (SSSR count). The summed E-state index contributed by atoms with van der Waals surface area (Å²) in [7, 11) is 0. The molecule has 0 aromatic carbocycles. The van der Waals surface area contributed by atoms with Crippen molar-refractivity contribution >= 4 is 0 Å². The molecule has 0 spiro atoms. The van der Waals surface area contributed by atoms with E-state index in [4.69, 9.17) is 0 Å². The summed E-state index contributed by atoms with van der Waals surface area (Å²) in [6.07, 6.45) is 2.59. The molecule has 2 heteroatoms. The molecule has 1 aliphatic rings. The Morgan fingerprint density at radius 2 is 2.25 bits per heavy atom. The Kier molecular flexibility index (Phi) is 3.92. The van der Waals surface area contributed by atoms with Crippen molar-refractivity contribution in [1.29, 1.82) is 0 Å². The molecule has 0 radical (unpaired) electrons. The fourth-order valence-corrected chi connectivity index (χ4v) is 0.905. The normalized spacial score (nSPS) is 19.8. The molecule has 1 fully saturated rings. The lowest BCUT2D eigenvalue weighted by Gasteiger charge is -2.09. The predicted octanol–water partition coefficient (Wildman–Crippen LogP) is -3.10. The van der Waals surface area contributed by atoms with Crippen molar-refractivity contribution in [1.82, 2.24) is 0 Å². The molecule has 0 atom stereocenters. The van der Waals surface area contributed by atoms with Crippen molar-refractivity contribution in [3.05, 3.63) is 12.2 Å². The molecule has 0 saturated carbocycles. The summed E-state index contributed by atoms with van der Waals surface area (Å²) in [6, 6.07) is 0. The van der Waals surface area contributed by atoms with Gasteiger partial charge in [0.05, 0.1) is 13.1 Å². The molecule has 1 nitrogen and oxygen atoms in total. The van der Waals surface area contributed by atoms with E-state index in [0.29, 0.717) is 0 Å². The van der Waals surface area contributed by atoms with E-state index < -0.39 is 0 Å². The molecule has 1 aliphatic heterocycles. The molecule has 0 bridgehead atoms. The number of hydrogen-bond donors (Lipinski definition) is 1. The van der Waals surface area contributed by atoms with Crippen molar-refractivity contribution in [3.8, 4) is 0 Å². The van der Waals surface area contributed by atoms with Gasteiger partial charge in [0, 0.05) is 6.42 Å². The van der Waals surface area contributed by atoms with Crippen molar-refractivity contribution < 1.29 is 17.7 Å². The Morgan fingerprint density at radius 3 is 2.50 bits per heavy atom. The van der Waals surface area contributed by atoms with Crippen LogP contribution in [0.4, 0.5) is 0 Å². The third-order valence-corrected chi connectivity index (χ3v) is 1.37. The predicted molar refractivity (Wildman–Crippen MR) is 30.0 cm³/mol. The van der Waals surface area contributed by atoms with E-state index in [1.165, 1.54) is 31.5 Å². The molecule has 2 N–H and O–H groups in total. The van der Waals surface area contributed by atoms with Gasteiger partial charge in [0.1, 0.15) is 0 Å². The summed E-state index contributed by atoms with van der Waals surface area (Å²) in [6.45, 7) is 6.35. The Labute approximate surface area is 56.6 Å². The molecule has 0 amide bonds. The van der Waals surface area contributed by atoms with Crippen molar-refractivity contribution in [2.24, 2.45) is 0 Å². The zero-order chi connectivity index (χ0) is 5.11. The highest BCUT2D eigenvalue weighted by Crippen LogP contribution is 1.99. The Hall–Kier alpha value is -0.0100. The summed E-state index contributed by atoms with van der Waals surface area (Å²) in [5.41, 5.74) is 1.41. The van der Waals surface area contributed by atoms with Crippen molar-refractivity contribution in [2.45, 2.75) is 12.8 Å². The molecule has 1 heterocycles. The van der Waals surface area contributed by atoms with E-state index in [9.17, 15) is 0 Å². The second-order valence-electron chi connectivity index (χ2n) is 2.14. The minimum atomic E-state index is 0. The molecule has 0 unspecified atom stereocenters. The van der Waals surface area contributed by atoms with E-state index in [-0.39, 0.29) is 12.4 Å². The van der Waals surface area contributed by atoms with E-state index in [0.717, 1.165) is 0 Å². The topological polar surface area (TPSA) is 16.6 Å². The van der Waals surface area contributed by atoms with Crippen LogP contribution >= 0.6 is 0 Å². The van der Waals surface area contributed by atoms with Crippen LogP contribution in [0, 0.1) is 0 Å². The Morgan fingerprint density at radius 1 is 1.50 bits per heavy atom. The molecule has 8 heavy (non-hydrogen) atoms. The van der Waals surface area contributed by atoms with Crippen LogP contribution < -0.4 is 17.7 Å². The number of quaternary nitrogens is 1. The molecule has 48 valence electrons. The number of rotatable bonds is 0. The van der Waals surface area contributed by atoms with Gasteiger partial charge in [-0.15, -0.1) is 0 Å². The number of halogens is 1. The maximum atomic E-state index is 3.88. The van der Waals surface area contributed by atoms with E-state index in [1.54, 1.807) is 0 Å². The molecular weight excluding hydrogens is 122 g/mol. The SMILES string of the molecule is C=C1CCC[NH2+]C1.[Cl-]. The highest BCUT2D eigenvalue weighted by atomic mass is 35.5. The van der Waals surface area contributed by atoms with E-state index in [1.807, 2.05) is 0 Å². The highest BCUT2D eigenvalue weighted by molar-refractivity contribution is 4.93. The number of piperidine rings is 1. The first kappa shape index (κ1) is 7.99. The highest BCUT2D eigenvalue weighted by Gasteiger charge is 2.02. The van der Waals surface area contributed by atoms with E-state index in [2.05, 4.69) is 11.9 Å². The summed E-state index contributed by atoms with van der Waals surface area (Å²) >= 11 is 0. The summed E-state index contributed by atoms with van der Waals surface area (Å²) in [4.78, 5) is 0. The van der Waals surface area contributed by atoms with Crippen LogP contribution in [0.3, 0.4) is 0 Å². The first-order chi connectivity index (χ1) is 3.39. The van der Waals surface area contributed by atoms with Crippen LogP contribution in [0.2, 0.25) is 0 Å². The standard InChI is InChI=1S/C6H11N.ClH/c1-6-3-2-4-7-5-6;/h7H,1-5H2;1H. The van der Waals surface area contributed by atoms with Gasteiger partial charge in [0.2, 0.25) is 0 Å². The average molecular weight is 134 g/mol. The van der Waals surface area contributed by atoms with Crippen molar-refractivity contribution in [2.75, 3.05) is 13.1 Å². The first-order valence-electron chi connectivity index (χ1n) is 2.88. The van der Waals surface area contributed by atoms with Gasteiger partial charge in [-0.05, 0) is 12.0 Å². The van der Waals surface area contributed by atoms with E-state index >= 15 is 0 Å². The second kappa shape index (κ2) is 3.93. The molecule has 0 aliphatic carbocycles. The van der Waals surface area contributed by atoms with Gasteiger partial charge in [-0.2, -0.15) is 0 Å². The smallest absolute Gasteiger partial charge is 0.0969 e. The van der Waals surface area contributed by atoms with Gasteiger partial charge < -0.3 is 17.7 Å². The minimum Gasteiger partial charge on any atom is -1.00 e. The van der Waals surface area contributed by atoms with Gasteiger partial charge in [-0.3, -0.25) is 0 Å². The van der Waals surface area contributed by atoms with Gasteiger partial charge in [0.15, 0.2) is 0 Å².